The third-order valence-corrected chi connectivity index (χ3v) is 3.78. The minimum absolute atomic E-state index is 0.238. The van der Waals surface area contributed by atoms with Crippen LogP contribution in [0, 0.1) is 5.82 Å². The molecule has 0 unspecified atom stereocenters. The molecule has 3 nitrogen and oxygen atoms in total. The van der Waals surface area contributed by atoms with Gasteiger partial charge >= 0.3 is 0 Å². The maximum atomic E-state index is 13.6. The third kappa shape index (κ3) is 1.80. The quantitative estimate of drug-likeness (QED) is 0.528. The Morgan fingerprint density at radius 2 is 2.00 bits per heavy atom. The number of aromatic nitrogens is 3. The number of aryl methyl sites for hydroxylation is 1. The smallest absolute Gasteiger partial charge is 0.123 e. The first-order chi connectivity index (χ1) is 10.2. The lowest BCUT2D eigenvalue weighted by Gasteiger charge is -2.09. The molecule has 0 aliphatic rings. The molecule has 0 aliphatic carbocycles. The molecule has 4 rings (SSSR count). The topological polar surface area (TPSA) is 30.7 Å². The van der Waals surface area contributed by atoms with Gasteiger partial charge in [-0.05, 0) is 29.8 Å². The van der Waals surface area contributed by atoms with Crippen molar-refractivity contribution in [1.29, 1.82) is 0 Å². The molecule has 102 valence electrons. The van der Waals surface area contributed by atoms with Crippen LogP contribution in [0.2, 0.25) is 0 Å². The van der Waals surface area contributed by atoms with Crippen LogP contribution in [-0.2, 0) is 7.05 Å². The van der Waals surface area contributed by atoms with Gasteiger partial charge in [-0.3, -0.25) is 0 Å². The van der Waals surface area contributed by atoms with Gasteiger partial charge in [0.1, 0.15) is 12.1 Å². The van der Waals surface area contributed by atoms with Gasteiger partial charge in [0, 0.05) is 35.8 Å². The van der Waals surface area contributed by atoms with Gasteiger partial charge in [-0.1, -0.05) is 12.1 Å². The molecule has 0 bridgehead atoms. The monoisotopic (exact) mass is 277 g/mol. The summed E-state index contributed by atoms with van der Waals surface area (Å²) in [6.07, 6.45) is 5.35. The molecule has 0 N–H and O–H groups in total. The van der Waals surface area contributed by atoms with E-state index in [4.69, 9.17) is 0 Å². The summed E-state index contributed by atoms with van der Waals surface area (Å²) in [4.78, 5) is 8.44. The fourth-order valence-electron chi connectivity index (χ4n) is 2.82. The van der Waals surface area contributed by atoms with Crippen molar-refractivity contribution in [2.75, 3.05) is 0 Å². The minimum atomic E-state index is -0.238. The Bertz CT molecular complexity index is 972. The molecule has 0 saturated heterocycles. The standard InChI is InChI=1S/C17H12FN3/c1-21-6-5-13-15-9-19-10-20-16(15)8-14(17(13)21)11-3-2-4-12(18)7-11/h2-10H,1H3. The summed E-state index contributed by atoms with van der Waals surface area (Å²) in [5.41, 5.74) is 3.75. The van der Waals surface area contributed by atoms with Crippen LogP contribution in [0.1, 0.15) is 0 Å². The van der Waals surface area contributed by atoms with Crippen molar-refractivity contribution in [1.82, 2.24) is 14.5 Å². The minimum Gasteiger partial charge on any atom is -0.350 e. The number of hydrogen-bond donors (Lipinski definition) is 0. The molecule has 2 heterocycles. The number of benzene rings is 2. The second kappa shape index (κ2) is 4.38. The highest BCUT2D eigenvalue weighted by molar-refractivity contribution is 6.11. The van der Waals surface area contributed by atoms with Crippen LogP contribution in [0.3, 0.4) is 0 Å². The molecule has 4 aromatic rings. The van der Waals surface area contributed by atoms with Gasteiger partial charge in [0.05, 0.1) is 11.0 Å². The van der Waals surface area contributed by atoms with Crippen LogP contribution in [0.15, 0.2) is 55.1 Å². The summed E-state index contributed by atoms with van der Waals surface area (Å²) in [5.74, 6) is -0.238. The number of nitrogens with zero attached hydrogens (tertiary/aromatic N) is 3. The highest BCUT2D eigenvalue weighted by atomic mass is 19.1. The first kappa shape index (κ1) is 12.0. The summed E-state index contributed by atoms with van der Waals surface area (Å²) in [7, 11) is 1.99. The lowest BCUT2D eigenvalue weighted by molar-refractivity contribution is 0.628. The number of fused-ring (bicyclic) bond motifs is 3. The van der Waals surface area contributed by atoms with E-state index in [0.29, 0.717) is 0 Å². The summed E-state index contributed by atoms with van der Waals surface area (Å²) < 4.78 is 15.6. The van der Waals surface area contributed by atoms with Crippen LogP contribution in [0.25, 0.3) is 32.9 Å². The molecule has 0 spiro atoms. The second-order valence-corrected chi connectivity index (χ2v) is 5.08. The van der Waals surface area contributed by atoms with Crippen molar-refractivity contribution in [2.24, 2.45) is 7.05 Å². The van der Waals surface area contributed by atoms with Crippen molar-refractivity contribution in [2.45, 2.75) is 0 Å². The zero-order valence-electron chi connectivity index (χ0n) is 11.4. The molecule has 0 aliphatic heterocycles. The number of halogens is 1. The average Bonchev–Trinajstić information content (AvgIpc) is 2.89. The Hall–Kier alpha value is -2.75. The van der Waals surface area contributed by atoms with E-state index in [2.05, 4.69) is 9.97 Å². The molecule has 2 aromatic carbocycles. The van der Waals surface area contributed by atoms with Gasteiger partial charge in [0.2, 0.25) is 0 Å². The molecule has 0 amide bonds. The van der Waals surface area contributed by atoms with Gasteiger partial charge in [0.15, 0.2) is 0 Å². The maximum absolute atomic E-state index is 13.6. The molecular weight excluding hydrogens is 265 g/mol. The van der Waals surface area contributed by atoms with Crippen LogP contribution < -0.4 is 0 Å². The van der Waals surface area contributed by atoms with Gasteiger partial charge in [-0.25, -0.2) is 14.4 Å². The third-order valence-electron chi connectivity index (χ3n) is 3.78. The number of hydrogen-bond acceptors (Lipinski definition) is 2. The van der Waals surface area contributed by atoms with E-state index < -0.39 is 0 Å². The zero-order chi connectivity index (χ0) is 14.4. The predicted molar refractivity (Wildman–Crippen MR) is 81.4 cm³/mol. The molecule has 0 atom stereocenters. The summed E-state index contributed by atoms with van der Waals surface area (Å²) in [6, 6.07) is 10.7. The SMILES string of the molecule is Cn1ccc2c3cncnc3cc(-c3cccc(F)c3)c21. The van der Waals surface area contributed by atoms with Crippen molar-refractivity contribution < 1.29 is 4.39 Å². The van der Waals surface area contributed by atoms with E-state index in [-0.39, 0.29) is 5.82 Å². The molecule has 0 saturated carbocycles. The Labute approximate surface area is 120 Å². The van der Waals surface area contributed by atoms with Gasteiger partial charge in [0.25, 0.3) is 0 Å². The fourth-order valence-corrected chi connectivity index (χ4v) is 2.82. The molecule has 0 radical (unpaired) electrons. The number of rotatable bonds is 1. The lowest BCUT2D eigenvalue weighted by Crippen LogP contribution is -1.91. The van der Waals surface area contributed by atoms with E-state index in [1.165, 1.54) is 12.4 Å². The van der Waals surface area contributed by atoms with Crippen LogP contribution in [0.5, 0.6) is 0 Å². The molecule has 0 fully saturated rings. The van der Waals surface area contributed by atoms with E-state index >= 15 is 0 Å². The first-order valence-corrected chi connectivity index (χ1v) is 6.68. The van der Waals surface area contributed by atoms with Crippen LogP contribution >= 0.6 is 0 Å². The molecule has 2 aromatic heterocycles. The first-order valence-electron chi connectivity index (χ1n) is 6.68. The molecular formula is C17H12FN3. The summed E-state index contributed by atoms with van der Waals surface area (Å²) in [5, 5.41) is 2.09. The Morgan fingerprint density at radius 1 is 1.10 bits per heavy atom. The fraction of sp³-hybridized carbons (Fsp3) is 0.0588. The largest absolute Gasteiger partial charge is 0.350 e. The Morgan fingerprint density at radius 3 is 2.86 bits per heavy atom. The van der Waals surface area contributed by atoms with E-state index in [1.807, 2.05) is 42.2 Å². The highest BCUT2D eigenvalue weighted by Crippen LogP contribution is 2.34. The van der Waals surface area contributed by atoms with Crippen LogP contribution in [-0.4, -0.2) is 14.5 Å². The van der Waals surface area contributed by atoms with Gasteiger partial charge in [-0.15, -0.1) is 0 Å². The zero-order valence-corrected chi connectivity index (χ0v) is 11.4. The lowest BCUT2D eigenvalue weighted by atomic mass is 10.0. The summed E-state index contributed by atoms with van der Waals surface area (Å²) >= 11 is 0. The van der Waals surface area contributed by atoms with E-state index in [9.17, 15) is 4.39 Å². The van der Waals surface area contributed by atoms with E-state index in [1.54, 1.807) is 12.1 Å². The highest BCUT2D eigenvalue weighted by Gasteiger charge is 2.12. The van der Waals surface area contributed by atoms with Gasteiger partial charge in [-0.2, -0.15) is 0 Å². The normalized spacial score (nSPS) is 11.3. The van der Waals surface area contributed by atoms with Crippen molar-refractivity contribution in [3.8, 4) is 11.1 Å². The Kier molecular flexibility index (Phi) is 2.51. The molecule has 4 heteroatoms. The maximum Gasteiger partial charge on any atom is 0.123 e. The van der Waals surface area contributed by atoms with Crippen LogP contribution in [0.4, 0.5) is 4.39 Å². The van der Waals surface area contributed by atoms with Crippen molar-refractivity contribution in [3.63, 3.8) is 0 Å². The molecule has 21 heavy (non-hydrogen) atoms. The predicted octanol–water partition coefficient (Wildman–Crippen LogP) is 3.93. The second-order valence-electron chi connectivity index (χ2n) is 5.08. The van der Waals surface area contributed by atoms with Crippen molar-refractivity contribution in [3.05, 3.63) is 60.9 Å². The summed E-state index contributed by atoms with van der Waals surface area (Å²) in [6.45, 7) is 0. The average molecular weight is 277 g/mol. The van der Waals surface area contributed by atoms with Gasteiger partial charge < -0.3 is 4.57 Å². The van der Waals surface area contributed by atoms with Crippen molar-refractivity contribution >= 4 is 21.8 Å². The van der Waals surface area contributed by atoms with E-state index in [0.717, 1.165) is 32.9 Å². The Balaban J connectivity index is 2.18.